The molecule has 0 bridgehead atoms. The predicted molar refractivity (Wildman–Crippen MR) is 65.0 cm³/mol. The number of hydrogen-bond acceptors (Lipinski definition) is 3. The molecule has 0 unspecified atom stereocenters. The second kappa shape index (κ2) is 3.83. The molecule has 0 saturated heterocycles. The SMILES string of the molecule is CCc1c(S)ccc2cc(OC)sc12. The van der Waals surface area contributed by atoms with Crippen LogP contribution >= 0.6 is 24.0 Å². The number of benzene rings is 1. The van der Waals surface area contributed by atoms with Crippen molar-refractivity contribution in [3.05, 3.63) is 23.8 Å². The lowest BCUT2D eigenvalue weighted by Gasteiger charge is -2.02. The zero-order valence-electron chi connectivity index (χ0n) is 8.20. The van der Waals surface area contributed by atoms with Crippen molar-refractivity contribution in [1.82, 2.24) is 0 Å². The third-order valence-corrected chi connectivity index (χ3v) is 3.89. The molecule has 0 aliphatic heterocycles. The minimum absolute atomic E-state index is 0.966. The highest BCUT2D eigenvalue weighted by Gasteiger charge is 2.07. The first-order valence-electron chi connectivity index (χ1n) is 4.54. The van der Waals surface area contributed by atoms with Crippen molar-refractivity contribution in [2.45, 2.75) is 18.2 Å². The number of fused-ring (bicyclic) bond motifs is 1. The van der Waals surface area contributed by atoms with E-state index in [0.717, 1.165) is 16.4 Å². The number of rotatable bonds is 2. The van der Waals surface area contributed by atoms with Crippen LogP contribution in [-0.4, -0.2) is 7.11 Å². The first kappa shape index (κ1) is 9.87. The summed E-state index contributed by atoms with van der Waals surface area (Å²) in [5, 5.41) is 2.22. The van der Waals surface area contributed by atoms with Crippen molar-refractivity contribution >= 4 is 34.1 Å². The van der Waals surface area contributed by atoms with Crippen LogP contribution in [0.2, 0.25) is 0 Å². The van der Waals surface area contributed by atoms with Crippen LogP contribution in [0.1, 0.15) is 12.5 Å². The fourth-order valence-electron chi connectivity index (χ4n) is 1.57. The molecule has 2 rings (SSSR count). The molecule has 0 N–H and O–H groups in total. The van der Waals surface area contributed by atoms with E-state index in [1.54, 1.807) is 18.4 Å². The Labute approximate surface area is 93.1 Å². The van der Waals surface area contributed by atoms with Gasteiger partial charge in [-0.25, -0.2) is 0 Å². The molecule has 1 heterocycles. The van der Waals surface area contributed by atoms with Crippen LogP contribution in [0, 0.1) is 0 Å². The Balaban J connectivity index is 2.73. The molecular formula is C11H12OS2. The second-order valence-corrected chi connectivity index (χ2v) is 4.60. The molecule has 0 spiro atoms. The number of hydrogen-bond donors (Lipinski definition) is 1. The molecule has 0 fully saturated rings. The highest BCUT2D eigenvalue weighted by molar-refractivity contribution is 7.80. The average Bonchev–Trinajstić information content (AvgIpc) is 2.60. The molecule has 1 aromatic heterocycles. The summed E-state index contributed by atoms with van der Waals surface area (Å²) in [6.07, 6.45) is 1.01. The summed E-state index contributed by atoms with van der Waals surface area (Å²) >= 11 is 6.15. The monoisotopic (exact) mass is 224 g/mol. The molecular weight excluding hydrogens is 212 g/mol. The van der Waals surface area contributed by atoms with Gasteiger partial charge < -0.3 is 4.74 Å². The quantitative estimate of drug-likeness (QED) is 0.764. The first-order valence-corrected chi connectivity index (χ1v) is 5.81. The van der Waals surface area contributed by atoms with E-state index in [2.05, 4.69) is 37.8 Å². The molecule has 0 saturated carbocycles. The first-order chi connectivity index (χ1) is 6.76. The molecule has 0 aliphatic rings. The Bertz CT molecular complexity index is 460. The van der Waals surface area contributed by atoms with Gasteiger partial charge in [0.1, 0.15) is 0 Å². The van der Waals surface area contributed by atoms with Crippen molar-refractivity contribution in [1.29, 1.82) is 0 Å². The molecule has 1 nitrogen and oxygen atoms in total. The fourth-order valence-corrected chi connectivity index (χ4v) is 3.08. The van der Waals surface area contributed by atoms with Gasteiger partial charge in [0.05, 0.1) is 7.11 Å². The summed E-state index contributed by atoms with van der Waals surface area (Å²) in [6.45, 7) is 2.15. The molecule has 0 radical (unpaired) electrons. The van der Waals surface area contributed by atoms with Gasteiger partial charge >= 0.3 is 0 Å². The molecule has 74 valence electrons. The van der Waals surface area contributed by atoms with E-state index in [4.69, 9.17) is 4.74 Å². The van der Waals surface area contributed by atoms with Gasteiger partial charge in [0.15, 0.2) is 5.06 Å². The van der Waals surface area contributed by atoms with Crippen LogP contribution in [0.3, 0.4) is 0 Å². The van der Waals surface area contributed by atoms with Gasteiger partial charge in [-0.3, -0.25) is 0 Å². The minimum Gasteiger partial charge on any atom is -0.487 e. The van der Waals surface area contributed by atoms with E-state index in [1.165, 1.54) is 15.6 Å². The van der Waals surface area contributed by atoms with Gasteiger partial charge in [-0.05, 0) is 29.5 Å². The maximum atomic E-state index is 5.23. The Hall–Kier alpha value is -0.670. The van der Waals surface area contributed by atoms with E-state index < -0.39 is 0 Å². The van der Waals surface area contributed by atoms with E-state index in [-0.39, 0.29) is 0 Å². The van der Waals surface area contributed by atoms with Crippen LogP contribution in [0.5, 0.6) is 5.06 Å². The molecule has 2 aromatic rings. The second-order valence-electron chi connectivity index (χ2n) is 3.10. The average molecular weight is 224 g/mol. The topological polar surface area (TPSA) is 9.23 Å². The van der Waals surface area contributed by atoms with Crippen LogP contribution in [0.15, 0.2) is 23.1 Å². The van der Waals surface area contributed by atoms with E-state index in [1.807, 2.05) is 0 Å². The summed E-state index contributed by atoms with van der Waals surface area (Å²) in [5.74, 6) is 0. The fraction of sp³-hybridized carbons (Fsp3) is 0.273. The summed E-state index contributed by atoms with van der Waals surface area (Å²) < 4.78 is 6.53. The van der Waals surface area contributed by atoms with Gasteiger partial charge in [-0.1, -0.05) is 24.3 Å². The predicted octanol–water partition coefficient (Wildman–Crippen LogP) is 3.76. The highest BCUT2D eigenvalue weighted by atomic mass is 32.1. The Morgan fingerprint density at radius 2 is 2.21 bits per heavy atom. The van der Waals surface area contributed by atoms with Crippen molar-refractivity contribution in [2.75, 3.05) is 7.11 Å². The van der Waals surface area contributed by atoms with Crippen LogP contribution in [-0.2, 0) is 6.42 Å². The van der Waals surface area contributed by atoms with Crippen LogP contribution < -0.4 is 4.74 Å². The maximum absolute atomic E-state index is 5.23. The Morgan fingerprint density at radius 1 is 1.43 bits per heavy atom. The summed E-state index contributed by atoms with van der Waals surface area (Å²) in [7, 11) is 1.71. The number of thiol groups is 1. The number of aryl methyl sites for hydroxylation is 1. The van der Waals surface area contributed by atoms with Crippen molar-refractivity contribution < 1.29 is 4.74 Å². The normalized spacial score (nSPS) is 10.8. The maximum Gasteiger partial charge on any atom is 0.174 e. The Morgan fingerprint density at radius 3 is 2.86 bits per heavy atom. The lowest BCUT2D eigenvalue weighted by atomic mass is 10.1. The number of thiophene rings is 1. The zero-order chi connectivity index (χ0) is 10.1. The molecule has 0 aliphatic carbocycles. The van der Waals surface area contributed by atoms with Crippen molar-refractivity contribution in [2.24, 2.45) is 0 Å². The molecule has 1 aromatic carbocycles. The van der Waals surface area contributed by atoms with Gasteiger partial charge in [0.2, 0.25) is 0 Å². The van der Waals surface area contributed by atoms with Gasteiger partial charge in [-0.2, -0.15) is 0 Å². The molecule has 14 heavy (non-hydrogen) atoms. The lowest BCUT2D eigenvalue weighted by molar-refractivity contribution is 0.427. The zero-order valence-corrected chi connectivity index (χ0v) is 9.91. The van der Waals surface area contributed by atoms with E-state index in [0.29, 0.717) is 0 Å². The van der Waals surface area contributed by atoms with Crippen molar-refractivity contribution in [3.63, 3.8) is 0 Å². The van der Waals surface area contributed by atoms with E-state index >= 15 is 0 Å². The van der Waals surface area contributed by atoms with Gasteiger partial charge in [0, 0.05) is 9.60 Å². The summed E-state index contributed by atoms with van der Waals surface area (Å²) in [6, 6.07) is 6.22. The van der Waals surface area contributed by atoms with E-state index in [9.17, 15) is 0 Å². The minimum atomic E-state index is 0.966. The van der Waals surface area contributed by atoms with Gasteiger partial charge in [0.25, 0.3) is 0 Å². The summed E-state index contributed by atoms with van der Waals surface area (Å²) in [5.41, 5.74) is 1.32. The van der Waals surface area contributed by atoms with Gasteiger partial charge in [-0.15, -0.1) is 12.6 Å². The standard InChI is InChI=1S/C11H12OS2/c1-3-8-9(13)5-4-7-6-10(12-2)14-11(7)8/h4-6,13H,3H2,1-2H3. The molecule has 0 atom stereocenters. The van der Waals surface area contributed by atoms with Crippen molar-refractivity contribution in [3.8, 4) is 5.06 Å². The van der Waals surface area contributed by atoms with Crippen LogP contribution in [0.25, 0.3) is 10.1 Å². The summed E-state index contributed by atoms with van der Waals surface area (Å²) in [4.78, 5) is 1.07. The molecule has 3 heteroatoms. The third kappa shape index (κ3) is 1.51. The lowest BCUT2D eigenvalue weighted by Crippen LogP contribution is -1.82. The highest BCUT2D eigenvalue weighted by Crippen LogP contribution is 2.36. The largest absolute Gasteiger partial charge is 0.487 e. The molecule has 0 amide bonds. The Kier molecular flexibility index (Phi) is 2.70. The number of ether oxygens (including phenoxy) is 1. The smallest absolute Gasteiger partial charge is 0.174 e. The van der Waals surface area contributed by atoms with Crippen LogP contribution in [0.4, 0.5) is 0 Å². The number of methoxy groups -OCH3 is 1. The third-order valence-electron chi connectivity index (χ3n) is 2.30.